The van der Waals surface area contributed by atoms with E-state index in [-0.39, 0.29) is 12.6 Å². The predicted octanol–water partition coefficient (Wildman–Crippen LogP) is 1.65. The number of nitrogens with one attached hydrogen (secondary N) is 1. The first-order valence-electron chi connectivity index (χ1n) is 5.31. The van der Waals surface area contributed by atoms with Gasteiger partial charge in [-0.15, -0.1) is 0 Å². The van der Waals surface area contributed by atoms with E-state index in [1.165, 1.54) is 13.3 Å². The second-order valence-electron chi connectivity index (χ2n) is 3.49. The summed E-state index contributed by atoms with van der Waals surface area (Å²) in [5.41, 5.74) is 1.29. The van der Waals surface area contributed by atoms with E-state index in [4.69, 9.17) is 16.3 Å². The van der Waals surface area contributed by atoms with Gasteiger partial charge in [-0.05, 0) is 12.1 Å². The molecule has 0 saturated heterocycles. The molecule has 2 aromatic rings. The Bertz CT molecular complexity index is 576. The van der Waals surface area contributed by atoms with Gasteiger partial charge in [-0.1, -0.05) is 11.6 Å². The van der Waals surface area contributed by atoms with Crippen molar-refractivity contribution in [3.8, 4) is 0 Å². The Labute approximate surface area is 108 Å². The molecule has 0 aliphatic carbocycles. The van der Waals surface area contributed by atoms with Crippen LogP contribution in [0.4, 0.5) is 5.82 Å². The van der Waals surface area contributed by atoms with Gasteiger partial charge in [-0.25, -0.2) is 15.0 Å². The van der Waals surface area contributed by atoms with Crippen LogP contribution in [0.25, 0.3) is 11.0 Å². The maximum absolute atomic E-state index is 10.6. The third-order valence-electron chi connectivity index (χ3n) is 2.15. The fourth-order valence-electron chi connectivity index (χ4n) is 1.41. The molecule has 1 N–H and O–H groups in total. The van der Waals surface area contributed by atoms with Gasteiger partial charge < -0.3 is 10.1 Å². The lowest BCUT2D eigenvalue weighted by Crippen LogP contribution is -2.13. The third kappa shape index (κ3) is 3.04. The molecule has 7 heteroatoms. The van der Waals surface area contributed by atoms with E-state index < -0.39 is 0 Å². The monoisotopic (exact) mass is 266 g/mol. The molecule has 0 bridgehead atoms. The number of rotatable bonds is 4. The van der Waals surface area contributed by atoms with Crippen molar-refractivity contribution in [1.29, 1.82) is 0 Å². The largest absolute Gasteiger partial charge is 0.464 e. The molecule has 2 aromatic heterocycles. The minimum Gasteiger partial charge on any atom is -0.464 e. The molecule has 0 spiro atoms. The van der Waals surface area contributed by atoms with E-state index >= 15 is 0 Å². The summed E-state index contributed by atoms with van der Waals surface area (Å²) in [6.45, 7) is 2.07. The molecular formula is C11H11ClN4O2. The molecule has 2 rings (SSSR count). The smallest absolute Gasteiger partial charge is 0.302 e. The lowest BCUT2D eigenvalue weighted by molar-refractivity contribution is -0.140. The van der Waals surface area contributed by atoms with Gasteiger partial charge in [-0.2, -0.15) is 0 Å². The zero-order valence-corrected chi connectivity index (χ0v) is 10.4. The molecule has 0 atom stereocenters. The maximum Gasteiger partial charge on any atom is 0.302 e. The Morgan fingerprint density at radius 1 is 1.44 bits per heavy atom. The first-order valence-corrected chi connectivity index (χ1v) is 5.69. The molecule has 0 aliphatic rings. The lowest BCUT2D eigenvalue weighted by atomic mass is 10.3. The van der Waals surface area contributed by atoms with Crippen molar-refractivity contribution < 1.29 is 9.53 Å². The van der Waals surface area contributed by atoms with Crippen LogP contribution in [-0.2, 0) is 9.53 Å². The number of pyridine rings is 1. The highest BCUT2D eigenvalue weighted by Crippen LogP contribution is 2.18. The number of hydrogen-bond acceptors (Lipinski definition) is 6. The van der Waals surface area contributed by atoms with E-state index in [1.807, 2.05) is 0 Å². The molecule has 0 saturated carbocycles. The number of carbonyl (C=O) groups is 1. The lowest BCUT2D eigenvalue weighted by Gasteiger charge is -2.07. The van der Waals surface area contributed by atoms with Gasteiger partial charge >= 0.3 is 5.97 Å². The number of esters is 1. The maximum atomic E-state index is 10.6. The normalized spacial score (nSPS) is 10.3. The summed E-state index contributed by atoms with van der Waals surface area (Å²) in [5.74, 6) is 0.250. The molecule has 0 fully saturated rings. The molecule has 0 radical (unpaired) electrons. The number of anilines is 1. The number of fused-ring (bicyclic) bond motifs is 1. The van der Waals surface area contributed by atoms with Crippen molar-refractivity contribution in [3.05, 3.63) is 23.6 Å². The first-order chi connectivity index (χ1) is 8.66. The molecule has 0 aliphatic heterocycles. The number of aromatic nitrogens is 3. The molecule has 94 valence electrons. The number of ether oxygens (including phenoxy) is 1. The summed E-state index contributed by atoms with van der Waals surface area (Å²) >= 11 is 5.83. The Morgan fingerprint density at radius 2 is 2.28 bits per heavy atom. The van der Waals surface area contributed by atoms with Crippen LogP contribution in [0, 0.1) is 0 Å². The van der Waals surface area contributed by atoms with E-state index in [0.717, 1.165) is 0 Å². The van der Waals surface area contributed by atoms with E-state index in [0.29, 0.717) is 28.5 Å². The summed E-state index contributed by atoms with van der Waals surface area (Å²) in [7, 11) is 0. The van der Waals surface area contributed by atoms with Crippen LogP contribution in [-0.4, -0.2) is 34.1 Å². The zero-order chi connectivity index (χ0) is 13.0. The van der Waals surface area contributed by atoms with E-state index in [1.54, 1.807) is 12.1 Å². The van der Waals surface area contributed by atoms with Gasteiger partial charge in [0.15, 0.2) is 5.82 Å². The molecule has 18 heavy (non-hydrogen) atoms. The van der Waals surface area contributed by atoms with Crippen molar-refractivity contribution in [2.45, 2.75) is 6.92 Å². The van der Waals surface area contributed by atoms with Crippen LogP contribution >= 0.6 is 11.6 Å². The average molecular weight is 267 g/mol. The third-order valence-corrected chi connectivity index (χ3v) is 2.36. The van der Waals surface area contributed by atoms with E-state index in [9.17, 15) is 4.79 Å². The molecule has 2 heterocycles. The summed E-state index contributed by atoms with van der Waals surface area (Å²) in [6, 6.07) is 3.43. The van der Waals surface area contributed by atoms with Crippen molar-refractivity contribution in [1.82, 2.24) is 15.0 Å². The van der Waals surface area contributed by atoms with Crippen LogP contribution in [0.5, 0.6) is 0 Å². The number of carbonyl (C=O) groups excluding carboxylic acids is 1. The number of halogens is 1. The van der Waals surface area contributed by atoms with Crippen LogP contribution in [0.2, 0.25) is 5.15 Å². The summed E-state index contributed by atoms with van der Waals surface area (Å²) in [4.78, 5) is 22.9. The van der Waals surface area contributed by atoms with Crippen LogP contribution < -0.4 is 5.32 Å². The summed E-state index contributed by atoms with van der Waals surface area (Å²) < 4.78 is 4.81. The standard InChI is InChI=1S/C11H11ClN4O2/c1-7(17)18-5-4-13-11-10-8(14-6-15-11)2-3-9(12)16-10/h2-3,6H,4-5H2,1H3,(H,13,14,15). The summed E-state index contributed by atoms with van der Waals surface area (Å²) in [6.07, 6.45) is 1.44. The minimum atomic E-state index is -0.314. The summed E-state index contributed by atoms with van der Waals surface area (Å²) in [5, 5.41) is 3.40. The number of hydrogen-bond donors (Lipinski definition) is 1. The van der Waals surface area contributed by atoms with Gasteiger partial charge in [0.05, 0.1) is 12.1 Å². The molecule has 6 nitrogen and oxygen atoms in total. The average Bonchev–Trinajstić information content (AvgIpc) is 2.34. The Hall–Kier alpha value is -1.95. The molecule has 0 aromatic carbocycles. The van der Waals surface area contributed by atoms with Crippen molar-refractivity contribution >= 4 is 34.4 Å². The SMILES string of the molecule is CC(=O)OCCNc1ncnc2ccc(Cl)nc12. The highest BCUT2D eigenvalue weighted by Gasteiger charge is 2.05. The quantitative estimate of drug-likeness (QED) is 0.515. The van der Waals surface area contributed by atoms with Gasteiger partial charge in [0.1, 0.15) is 23.6 Å². The highest BCUT2D eigenvalue weighted by molar-refractivity contribution is 6.29. The first kappa shape index (κ1) is 12.5. The van der Waals surface area contributed by atoms with Gasteiger partial charge in [0.25, 0.3) is 0 Å². The topological polar surface area (TPSA) is 77.0 Å². The minimum absolute atomic E-state index is 0.265. The fraction of sp³-hybridized carbons (Fsp3) is 0.273. The number of nitrogens with zero attached hydrogens (tertiary/aromatic N) is 3. The zero-order valence-electron chi connectivity index (χ0n) is 9.68. The fourth-order valence-corrected chi connectivity index (χ4v) is 1.56. The predicted molar refractivity (Wildman–Crippen MR) is 67.5 cm³/mol. The van der Waals surface area contributed by atoms with Crippen LogP contribution in [0.1, 0.15) is 6.92 Å². The van der Waals surface area contributed by atoms with Crippen LogP contribution in [0.3, 0.4) is 0 Å². The Balaban J connectivity index is 2.12. The van der Waals surface area contributed by atoms with Gasteiger partial charge in [0.2, 0.25) is 0 Å². The van der Waals surface area contributed by atoms with Crippen molar-refractivity contribution in [2.75, 3.05) is 18.5 Å². The van der Waals surface area contributed by atoms with Gasteiger partial charge in [-0.3, -0.25) is 4.79 Å². The van der Waals surface area contributed by atoms with Crippen LogP contribution in [0.15, 0.2) is 18.5 Å². The molecular weight excluding hydrogens is 256 g/mol. The second kappa shape index (κ2) is 5.59. The Morgan fingerprint density at radius 3 is 3.06 bits per heavy atom. The highest BCUT2D eigenvalue weighted by atomic mass is 35.5. The van der Waals surface area contributed by atoms with Crippen molar-refractivity contribution in [3.63, 3.8) is 0 Å². The van der Waals surface area contributed by atoms with Gasteiger partial charge in [0, 0.05) is 6.92 Å². The molecule has 0 amide bonds. The van der Waals surface area contributed by atoms with E-state index in [2.05, 4.69) is 20.3 Å². The Kier molecular flexibility index (Phi) is 3.88. The second-order valence-corrected chi connectivity index (χ2v) is 3.88. The molecule has 0 unspecified atom stereocenters. The van der Waals surface area contributed by atoms with Crippen molar-refractivity contribution in [2.24, 2.45) is 0 Å².